The van der Waals surface area contributed by atoms with Crippen LogP contribution in [0.5, 0.6) is 0 Å². The maximum Gasteiger partial charge on any atom is 0.233 e. The van der Waals surface area contributed by atoms with Crippen molar-refractivity contribution in [3.8, 4) is 0 Å². The maximum absolute atomic E-state index is 12.2. The van der Waals surface area contributed by atoms with Crippen molar-refractivity contribution in [1.82, 2.24) is 4.90 Å². The Morgan fingerprint density at radius 3 is 3.00 bits per heavy atom. The number of aliphatic hydroxyl groups is 1. The third-order valence-electron chi connectivity index (χ3n) is 3.60. The molecule has 1 saturated heterocycles. The predicted octanol–water partition coefficient (Wildman–Crippen LogP) is 2.38. The monoisotopic (exact) mass is 279 g/mol. The van der Waals surface area contributed by atoms with E-state index in [2.05, 4.69) is 32.0 Å². The first kappa shape index (κ1) is 14.4. The number of aryl methyl sites for hydroxylation is 2. The van der Waals surface area contributed by atoms with Gasteiger partial charge in [0.2, 0.25) is 5.91 Å². The van der Waals surface area contributed by atoms with Gasteiger partial charge in [0.05, 0.1) is 18.4 Å². The number of amides is 1. The van der Waals surface area contributed by atoms with E-state index < -0.39 is 0 Å². The molecule has 1 amide bonds. The fourth-order valence-electron chi connectivity index (χ4n) is 2.44. The SMILES string of the molecule is Cc1ccc(C)c(SCC(=O)N2CCC[C@@H]2CO)c1. The number of hydrogen-bond acceptors (Lipinski definition) is 3. The van der Waals surface area contributed by atoms with Crippen molar-refractivity contribution < 1.29 is 9.90 Å². The summed E-state index contributed by atoms with van der Waals surface area (Å²) >= 11 is 1.60. The predicted molar refractivity (Wildman–Crippen MR) is 78.5 cm³/mol. The van der Waals surface area contributed by atoms with Crippen LogP contribution in [0.3, 0.4) is 0 Å². The Labute approximate surface area is 119 Å². The van der Waals surface area contributed by atoms with Gasteiger partial charge in [0.15, 0.2) is 0 Å². The van der Waals surface area contributed by atoms with Crippen molar-refractivity contribution in [2.24, 2.45) is 0 Å². The standard InChI is InChI=1S/C15H21NO2S/c1-11-5-6-12(2)14(8-11)19-10-15(18)16-7-3-4-13(16)9-17/h5-6,8,13,17H,3-4,7,9-10H2,1-2H3/t13-/m1/s1. The highest BCUT2D eigenvalue weighted by molar-refractivity contribution is 8.00. The third-order valence-corrected chi connectivity index (χ3v) is 4.75. The number of hydrogen-bond donors (Lipinski definition) is 1. The van der Waals surface area contributed by atoms with Crippen LogP contribution in [0, 0.1) is 13.8 Å². The van der Waals surface area contributed by atoms with E-state index in [9.17, 15) is 9.90 Å². The van der Waals surface area contributed by atoms with E-state index >= 15 is 0 Å². The van der Waals surface area contributed by atoms with Gasteiger partial charge in [0.25, 0.3) is 0 Å². The molecule has 3 nitrogen and oxygen atoms in total. The molecule has 104 valence electrons. The molecule has 0 saturated carbocycles. The van der Waals surface area contributed by atoms with Crippen LogP contribution in [-0.4, -0.2) is 40.9 Å². The topological polar surface area (TPSA) is 40.5 Å². The number of carbonyl (C=O) groups excluding carboxylic acids is 1. The number of benzene rings is 1. The summed E-state index contributed by atoms with van der Waals surface area (Å²) in [7, 11) is 0. The van der Waals surface area contributed by atoms with Crippen LogP contribution >= 0.6 is 11.8 Å². The highest BCUT2D eigenvalue weighted by Gasteiger charge is 2.27. The molecule has 1 aliphatic heterocycles. The zero-order valence-electron chi connectivity index (χ0n) is 11.6. The summed E-state index contributed by atoms with van der Waals surface area (Å²) in [5.74, 6) is 0.600. The Morgan fingerprint density at radius 2 is 2.26 bits per heavy atom. The first-order chi connectivity index (χ1) is 9.11. The molecule has 0 spiro atoms. The van der Waals surface area contributed by atoms with E-state index in [0.29, 0.717) is 5.75 Å². The first-order valence-corrected chi connectivity index (χ1v) is 7.70. The summed E-state index contributed by atoms with van der Waals surface area (Å²) in [4.78, 5) is 15.2. The lowest BCUT2D eigenvalue weighted by Gasteiger charge is -2.23. The summed E-state index contributed by atoms with van der Waals surface area (Å²) in [6, 6.07) is 6.34. The van der Waals surface area contributed by atoms with E-state index in [1.807, 2.05) is 4.90 Å². The number of nitrogens with zero attached hydrogens (tertiary/aromatic N) is 1. The summed E-state index contributed by atoms with van der Waals surface area (Å²) in [5, 5.41) is 9.25. The lowest BCUT2D eigenvalue weighted by Crippen LogP contribution is -2.38. The highest BCUT2D eigenvalue weighted by atomic mass is 32.2. The van der Waals surface area contributed by atoms with Crippen LogP contribution in [0.25, 0.3) is 0 Å². The normalized spacial score (nSPS) is 18.9. The van der Waals surface area contributed by atoms with Crippen molar-refractivity contribution in [3.05, 3.63) is 29.3 Å². The molecule has 2 rings (SSSR count). The number of thioether (sulfide) groups is 1. The van der Waals surface area contributed by atoms with E-state index in [0.717, 1.165) is 19.4 Å². The maximum atomic E-state index is 12.2. The summed E-state index contributed by atoms with van der Waals surface area (Å²) in [6.07, 6.45) is 1.93. The van der Waals surface area contributed by atoms with Crippen molar-refractivity contribution in [1.29, 1.82) is 0 Å². The molecule has 1 aromatic rings. The molecule has 0 aromatic heterocycles. The van der Waals surface area contributed by atoms with Gasteiger partial charge in [-0.2, -0.15) is 0 Å². The molecule has 4 heteroatoms. The average molecular weight is 279 g/mol. The fraction of sp³-hybridized carbons (Fsp3) is 0.533. The Bertz CT molecular complexity index is 461. The van der Waals surface area contributed by atoms with Gasteiger partial charge in [0, 0.05) is 11.4 Å². The molecule has 1 N–H and O–H groups in total. The lowest BCUT2D eigenvalue weighted by atomic mass is 10.2. The highest BCUT2D eigenvalue weighted by Crippen LogP contribution is 2.25. The number of rotatable bonds is 4. The molecule has 1 heterocycles. The smallest absolute Gasteiger partial charge is 0.233 e. The molecule has 0 aliphatic carbocycles. The Morgan fingerprint density at radius 1 is 1.47 bits per heavy atom. The molecule has 1 atom stereocenters. The zero-order chi connectivity index (χ0) is 13.8. The molecular formula is C15H21NO2S. The van der Waals surface area contributed by atoms with Crippen LogP contribution in [0.2, 0.25) is 0 Å². The minimum atomic E-state index is 0.0340. The van der Waals surface area contributed by atoms with Crippen molar-refractivity contribution in [2.75, 3.05) is 18.9 Å². The molecule has 1 aromatic carbocycles. The second-order valence-corrected chi connectivity index (χ2v) is 6.14. The van der Waals surface area contributed by atoms with Gasteiger partial charge in [-0.1, -0.05) is 17.7 Å². The van der Waals surface area contributed by atoms with E-state index in [4.69, 9.17) is 0 Å². The molecule has 1 aliphatic rings. The quantitative estimate of drug-likeness (QED) is 0.860. The largest absolute Gasteiger partial charge is 0.394 e. The number of aliphatic hydroxyl groups excluding tert-OH is 1. The summed E-state index contributed by atoms with van der Waals surface area (Å²) in [5.41, 5.74) is 2.43. The van der Waals surface area contributed by atoms with Crippen molar-refractivity contribution >= 4 is 17.7 Å². The van der Waals surface area contributed by atoms with Gasteiger partial charge < -0.3 is 10.0 Å². The fourth-order valence-corrected chi connectivity index (χ4v) is 3.45. The minimum Gasteiger partial charge on any atom is -0.394 e. The Kier molecular flexibility index (Phi) is 4.88. The molecular weight excluding hydrogens is 258 g/mol. The second-order valence-electron chi connectivity index (χ2n) is 5.12. The van der Waals surface area contributed by atoms with Crippen molar-refractivity contribution in [2.45, 2.75) is 37.6 Å². The third kappa shape index (κ3) is 3.51. The van der Waals surface area contributed by atoms with Crippen molar-refractivity contribution in [3.63, 3.8) is 0 Å². The van der Waals surface area contributed by atoms with Crippen LogP contribution in [0.1, 0.15) is 24.0 Å². The van der Waals surface area contributed by atoms with Crippen LogP contribution in [-0.2, 0) is 4.79 Å². The van der Waals surface area contributed by atoms with E-state index in [1.165, 1.54) is 16.0 Å². The van der Waals surface area contributed by atoms with Crippen LogP contribution in [0.4, 0.5) is 0 Å². The lowest BCUT2D eigenvalue weighted by molar-refractivity contribution is -0.129. The van der Waals surface area contributed by atoms with Gasteiger partial charge in [0.1, 0.15) is 0 Å². The molecule has 1 fully saturated rings. The Balaban J connectivity index is 1.95. The molecule has 0 radical (unpaired) electrons. The molecule has 0 bridgehead atoms. The van der Waals surface area contributed by atoms with Crippen LogP contribution in [0.15, 0.2) is 23.1 Å². The zero-order valence-corrected chi connectivity index (χ0v) is 12.4. The number of carbonyl (C=O) groups is 1. The van der Waals surface area contributed by atoms with Gasteiger partial charge in [-0.25, -0.2) is 0 Å². The van der Waals surface area contributed by atoms with E-state index in [-0.39, 0.29) is 18.6 Å². The van der Waals surface area contributed by atoms with Crippen LogP contribution < -0.4 is 0 Å². The number of likely N-dealkylation sites (tertiary alicyclic amines) is 1. The molecule has 0 unspecified atom stereocenters. The Hall–Kier alpha value is -1.00. The van der Waals surface area contributed by atoms with Gasteiger partial charge in [-0.3, -0.25) is 4.79 Å². The van der Waals surface area contributed by atoms with Gasteiger partial charge in [-0.05, 0) is 38.3 Å². The van der Waals surface area contributed by atoms with Gasteiger partial charge in [-0.15, -0.1) is 11.8 Å². The average Bonchev–Trinajstić information content (AvgIpc) is 2.88. The summed E-state index contributed by atoms with van der Waals surface area (Å²) in [6.45, 7) is 5.00. The van der Waals surface area contributed by atoms with E-state index in [1.54, 1.807) is 11.8 Å². The minimum absolute atomic E-state index is 0.0340. The first-order valence-electron chi connectivity index (χ1n) is 6.72. The summed E-state index contributed by atoms with van der Waals surface area (Å²) < 4.78 is 0. The van der Waals surface area contributed by atoms with Gasteiger partial charge >= 0.3 is 0 Å². The molecule has 19 heavy (non-hydrogen) atoms. The second kappa shape index (κ2) is 6.44.